The highest BCUT2D eigenvalue weighted by Crippen LogP contribution is 2.40. The largest absolute Gasteiger partial charge is 0.458 e. The zero-order chi connectivity index (χ0) is 49.2. The molecule has 0 amide bonds. The number of ether oxygens (including phenoxy) is 7. The van der Waals surface area contributed by atoms with Gasteiger partial charge in [0.2, 0.25) is 5.89 Å². The lowest BCUT2D eigenvalue weighted by Crippen LogP contribution is -2.51. The lowest BCUT2D eigenvalue weighted by atomic mass is 9.79. The molecule has 4 fully saturated rings. The summed E-state index contributed by atoms with van der Waals surface area (Å²) in [5.41, 5.74) is 3.86. The number of carbonyl (C=O) groups is 1. The van der Waals surface area contributed by atoms with E-state index in [1.54, 1.807) is 37.6 Å². The molecule has 0 radical (unpaired) electrons. The van der Waals surface area contributed by atoms with Crippen LogP contribution in [0.25, 0.3) is 12.2 Å². The molecule has 0 saturated carbocycles. The van der Waals surface area contributed by atoms with Gasteiger partial charge < -0.3 is 57.3 Å². The van der Waals surface area contributed by atoms with Crippen LogP contribution in [0.4, 0.5) is 0 Å². The third-order valence-electron chi connectivity index (χ3n) is 13.9. The van der Waals surface area contributed by atoms with Crippen molar-refractivity contribution in [3.05, 3.63) is 107 Å². The maximum absolute atomic E-state index is 13.6. The summed E-state index contributed by atoms with van der Waals surface area (Å²) in [6.45, 7) is 12.2. The highest BCUT2D eigenvalue weighted by atomic mass is 79.9. The van der Waals surface area contributed by atoms with E-state index in [4.69, 9.17) is 52.0 Å². The molecule has 2 aromatic rings. The molecule has 0 aliphatic carbocycles. The summed E-state index contributed by atoms with van der Waals surface area (Å²) in [4.78, 5) is 24.8. The average molecular weight is 1020 g/mol. The van der Waals surface area contributed by atoms with Crippen molar-refractivity contribution in [1.29, 1.82) is 0 Å². The number of aliphatic hydroxyl groups excluding tert-OH is 2. The third-order valence-corrected chi connectivity index (χ3v) is 14.2. The molecule has 7 rings (SSSR count). The minimum Gasteiger partial charge on any atom is -0.458 e. The van der Waals surface area contributed by atoms with E-state index in [9.17, 15) is 20.1 Å². The van der Waals surface area contributed by atoms with E-state index in [0.29, 0.717) is 75.1 Å². The standard InChI is InChI=1S/C53H71BrN2O13/c1-31(16-17-38(61-6)12-10-18-54)21-44(58)47-26-42(62-7)27-53(60,69-47)28-49-55-36(29-63-49)22-33(3)51-35(5)52-34(4)45(67-51)13-9-14-48-56-43(30-64-48)46-24-37(57)23-41(66-46)25-40-20-32(2)19-39(65-40)11-8-15-50(59)68-52/h8-10,14-18,21-22,29-30,34-35,37-42,44-47,51-52,57-58,60H,2,11-13,19-20,23-28H2,1,3-7H3/b14-9+,15-8-,17-16+,18-10+,31-21+,33-22+/t34-,35?,37+,38?,39-,40?,41?,42?,44+,45+,46?,47+,51-,52-,53-/m0/s1. The molecule has 6 unspecified atom stereocenters. The zero-order valence-corrected chi connectivity index (χ0v) is 42.3. The summed E-state index contributed by atoms with van der Waals surface area (Å²) < 4.78 is 55.2. The Hall–Kier alpha value is -3.81. The van der Waals surface area contributed by atoms with Crippen molar-refractivity contribution in [3.8, 4) is 0 Å². The van der Waals surface area contributed by atoms with Gasteiger partial charge in [0.1, 0.15) is 36.1 Å². The van der Waals surface area contributed by atoms with Crippen molar-refractivity contribution in [2.24, 2.45) is 11.8 Å². The summed E-state index contributed by atoms with van der Waals surface area (Å²) in [7, 11) is 3.22. The molecule has 7 heterocycles. The van der Waals surface area contributed by atoms with Gasteiger partial charge in [0, 0.05) is 57.8 Å². The number of esters is 1. The van der Waals surface area contributed by atoms with Crippen molar-refractivity contribution in [3.63, 3.8) is 0 Å². The van der Waals surface area contributed by atoms with Crippen LogP contribution in [0.5, 0.6) is 0 Å². The van der Waals surface area contributed by atoms with E-state index in [0.717, 1.165) is 16.7 Å². The Morgan fingerprint density at radius 1 is 0.986 bits per heavy atom. The molecule has 5 aliphatic heterocycles. The van der Waals surface area contributed by atoms with E-state index < -0.39 is 48.4 Å². The predicted molar refractivity (Wildman–Crippen MR) is 261 cm³/mol. The quantitative estimate of drug-likeness (QED) is 0.104. The van der Waals surface area contributed by atoms with E-state index in [2.05, 4.69) is 22.5 Å². The Morgan fingerprint density at radius 3 is 2.57 bits per heavy atom. The normalized spacial score (nSPS) is 36.1. The van der Waals surface area contributed by atoms with E-state index in [-0.39, 0.29) is 67.2 Å². The molecule has 3 N–H and O–H groups in total. The molecular formula is C53H71BrN2O13. The summed E-state index contributed by atoms with van der Waals surface area (Å²) in [5, 5.41) is 33.9. The molecule has 378 valence electrons. The molecule has 15 atom stereocenters. The van der Waals surface area contributed by atoms with E-state index in [1.807, 2.05) is 64.2 Å². The smallest absolute Gasteiger partial charge is 0.330 e. The number of carbonyl (C=O) groups excluding carboxylic acids is 1. The Balaban J connectivity index is 1.06. The first kappa shape index (κ1) is 53.0. The SMILES string of the molecule is C=C1CC2CC3C[C@@H](O)CC(O3)c3coc(n3)/C=C/C[C@H]3O[C@@H](/C(C)=C/c4coc(C[C@]5(O)CC(OC)C[C@H]([C@H](O)/C=C(C)/C=C/C(C/C=C/Br)OC)O5)n4)C(C)[C@@H](OC(=O)/C=C\C[C@@H](C1)O2)[C@H]3C. The van der Waals surface area contributed by atoms with Crippen molar-refractivity contribution >= 4 is 34.1 Å². The van der Waals surface area contributed by atoms with Crippen LogP contribution in [-0.2, 0) is 44.4 Å². The topological polar surface area (TPSA) is 194 Å². The van der Waals surface area contributed by atoms with Gasteiger partial charge in [-0.15, -0.1) is 0 Å². The number of allylic oxidation sites excluding steroid dienone is 2. The lowest BCUT2D eigenvalue weighted by Gasteiger charge is -2.44. The third kappa shape index (κ3) is 14.6. The van der Waals surface area contributed by atoms with Crippen LogP contribution in [-0.4, -0.2) is 118 Å². The molecule has 0 aromatic carbocycles. The number of aromatic nitrogens is 2. The summed E-state index contributed by atoms with van der Waals surface area (Å²) in [6, 6.07) is 0. The Labute approximate surface area is 414 Å². The fraction of sp³-hybridized carbons (Fsp3) is 0.604. The summed E-state index contributed by atoms with van der Waals surface area (Å²) >= 11 is 3.28. The molecule has 5 aliphatic rings. The maximum Gasteiger partial charge on any atom is 0.330 e. The van der Waals surface area contributed by atoms with Crippen LogP contribution in [0.2, 0.25) is 0 Å². The van der Waals surface area contributed by atoms with Crippen LogP contribution >= 0.6 is 15.9 Å². The molecule has 15 nitrogen and oxygen atoms in total. The monoisotopic (exact) mass is 1020 g/mol. The minimum absolute atomic E-state index is 0.0830. The molecular weight excluding hydrogens is 952 g/mol. The highest BCUT2D eigenvalue weighted by molar-refractivity contribution is 9.11. The van der Waals surface area contributed by atoms with Gasteiger partial charge in [-0.25, -0.2) is 14.8 Å². The van der Waals surface area contributed by atoms with Gasteiger partial charge in [0.05, 0.1) is 67.5 Å². The summed E-state index contributed by atoms with van der Waals surface area (Å²) in [5.74, 6) is -1.95. The number of oxazole rings is 2. The van der Waals surface area contributed by atoms with Crippen molar-refractivity contribution in [1.82, 2.24) is 9.97 Å². The van der Waals surface area contributed by atoms with Gasteiger partial charge in [-0.2, -0.15) is 0 Å². The van der Waals surface area contributed by atoms with Gasteiger partial charge in [-0.3, -0.25) is 0 Å². The molecule has 69 heavy (non-hydrogen) atoms. The second-order valence-electron chi connectivity index (χ2n) is 19.5. The first-order valence-corrected chi connectivity index (χ1v) is 25.2. The lowest BCUT2D eigenvalue weighted by molar-refractivity contribution is -0.286. The maximum atomic E-state index is 13.6. The van der Waals surface area contributed by atoms with Gasteiger partial charge in [0.15, 0.2) is 11.7 Å². The Bertz CT molecular complexity index is 2210. The number of methoxy groups -OCH3 is 2. The fourth-order valence-corrected chi connectivity index (χ4v) is 10.6. The minimum atomic E-state index is -1.73. The molecule has 0 spiro atoms. The second-order valence-corrected chi connectivity index (χ2v) is 20.0. The van der Waals surface area contributed by atoms with Gasteiger partial charge in [-0.05, 0) is 75.1 Å². The molecule has 2 aromatic heterocycles. The van der Waals surface area contributed by atoms with Crippen LogP contribution in [0.3, 0.4) is 0 Å². The zero-order valence-electron chi connectivity index (χ0n) is 40.7. The molecule has 8 bridgehead atoms. The van der Waals surface area contributed by atoms with Crippen LogP contribution in [0.1, 0.15) is 121 Å². The van der Waals surface area contributed by atoms with E-state index >= 15 is 0 Å². The van der Waals surface area contributed by atoms with Gasteiger partial charge in [-0.1, -0.05) is 84.0 Å². The average Bonchev–Trinajstić information content (AvgIpc) is 3.96. The first-order chi connectivity index (χ1) is 33.1. The summed E-state index contributed by atoms with van der Waals surface area (Å²) in [6.07, 6.45) is 19.5. The number of aliphatic hydroxyl groups is 3. The van der Waals surface area contributed by atoms with Crippen molar-refractivity contribution in [2.75, 3.05) is 14.2 Å². The van der Waals surface area contributed by atoms with Crippen LogP contribution in [0.15, 0.2) is 92.2 Å². The Morgan fingerprint density at radius 2 is 1.78 bits per heavy atom. The van der Waals surface area contributed by atoms with Gasteiger partial charge in [0.25, 0.3) is 0 Å². The van der Waals surface area contributed by atoms with Gasteiger partial charge >= 0.3 is 5.97 Å². The number of hydrogen-bond donors (Lipinski definition) is 3. The molecule has 4 saturated heterocycles. The fourth-order valence-electron chi connectivity index (χ4n) is 10.4. The van der Waals surface area contributed by atoms with Crippen LogP contribution < -0.4 is 0 Å². The molecule has 16 heteroatoms. The number of hydrogen-bond acceptors (Lipinski definition) is 15. The number of nitrogens with zero attached hydrogens (tertiary/aromatic N) is 2. The highest BCUT2D eigenvalue weighted by Gasteiger charge is 2.45. The van der Waals surface area contributed by atoms with Crippen LogP contribution in [0, 0.1) is 11.8 Å². The predicted octanol–water partition coefficient (Wildman–Crippen LogP) is 8.76. The number of fused-ring (bicyclic) bond motifs is 9. The number of halogens is 1. The Kier molecular flexibility index (Phi) is 18.9. The van der Waals surface area contributed by atoms with Crippen molar-refractivity contribution < 1.29 is 62.1 Å². The van der Waals surface area contributed by atoms with Crippen molar-refractivity contribution in [2.45, 2.75) is 177 Å². The second kappa shape index (κ2) is 24.5. The first-order valence-electron chi connectivity index (χ1n) is 24.3. The van der Waals surface area contributed by atoms with E-state index in [1.165, 1.54) is 12.3 Å². The number of rotatable bonds is 12.